The molecule has 174 valence electrons. The summed E-state index contributed by atoms with van der Waals surface area (Å²) in [6.07, 6.45) is 0. The lowest BCUT2D eigenvalue weighted by Crippen LogP contribution is -2.15. The molecule has 0 bridgehead atoms. The number of benzene rings is 4. The number of carbonyl (C=O) groups excluding carboxylic acids is 1. The number of nitrogens with zero attached hydrogens (tertiary/aromatic N) is 3. The van der Waals surface area contributed by atoms with Gasteiger partial charge in [-0.2, -0.15) is 0 Å². The number of phenols is 1. The number of para-hydroxylation sites is 3. The Bertz CT molecular complexity index is 1510. The van der Waals surface area contributed by atoms with Crippen molar-refractivity contribution >= 4 is 34.1 Å². The number of hydrogen-bond acceptors (Lipinski definition) is 6. The zero-order chi connectivity index (χ0) is 24.2. The molecule has 0 unspecified atom stereocenters. The second-order valence-electron chi connectivity index (χ2n) is 7.69. The number of anilines is 1. The molecule has 2 N–H and O–H groups in total. The van der Waals surface area contributed by atoms with Gasteiger partial charge in [-0.05, 0) is 35.7 Å². The quantitative estimate of drug-likeness (QED) is 0.297. The summed E-state index contributed by atoms with van der Waals surface area (Å²) in [5, 5.41) is 24.7. The van der Waals surface area contributed by atoms with Crippen molar-refractivity contribution in [1.29, 1.82) is 0 Å². The van der Waals surface area contributed by atoms with Gasteiger partial charge in [0.15, 0.2) is 11.0 Å². The van der Waals surface area contributed by atoms with Crippen LogP contribution in [0, 0.1) is 0 Å². The molecule has 4 aromatic carbocycles. The molecule has 1 aromatic heterocycles. The van der Waals surface area contributed by atoms with Crippen LogP contribution in [-0.2, 0) is 4.79 Å². The summed E-state index contributed by atoms with van der Waals surface area (Å²) >= 11 is 1.26. The highest BCUT2D eigenvalue weighted by atomic mass is 32.2. The fraction of sp³-hybridized carbons (Fsp3) is 0.0741. The molecule has 0 saturated carbocycles. The third-order valence-electron chi connectivity index (χ3n) is 5.50. The number of aromatic hydroxyl groups is 1. The number of phenolic OH excluding ortho intramolecular Hbond substituents is 1. The van der Waals surface area contributed by atoms with Crippen molar-refractivity contribution in [3.63, 3.8) is 0 Å². The minimum atomic E-state index is -0.162. The molecule has 0 aliphatic carbocycles. The van der Waals surface area contributed by atoms with Gasteiger partial charge in [0, 0.05) is 11.1 Å². The Morgan fingerprint density at radius 2 is 1.69 bits per heavy atom. The lowest BCUT2D eigenvalue weighted by atomic mass is 10.1. The molecule has 0 fully saturated rings. The van der Waals surface area contributed by atoms with Crippen molar-refractivity contribution in [1.82, 2.24) is 14.8 Å². The smallest absolute Gasteiger partial charge is 0.234 e. The van der Waals surface area contributed by atoms with E-state index in [9.17, 15) is 9.90 Å². The minimum absolute atomic E-state index is 0.0845. The molecule has 8 heteroatoms. The summed E-state index contributed by atoms with van der Waals surface area (Å²) < 4.78 is 7.36. The molecule has 1 heterocycles. The SMILES string of the molecule is COc1ccccc1-n1c(SCC(=O)Nc2cccc3ccccc23)nnc1-c1ccccc1O. The average molecular weight is 483 g/mol. The molecule has 0 spiro atoms. The van der Waals surface area contributed by atoms with Crippen LogP contribution in [-0.4, -0.2) is 38.6 Å². The van der Waals surface area contributed by atoms with E-state index in [1.807, 2.05) is 72.8 Å². The second-order valence-corrected chi connectivity index (χ2v) is 8.64. The number of thioether (sulfide) groups is 1. The van der Waals surface area contributed by atoms with Gasteiger partial charge in [0.2, 0.25) is 5.91 Å². The number of hydrogen-bond donors (Lipinski definition) is 2. The third-order valence-corrected chi connectivity index (χ3v) is 6.43. The van der Waals surface area contributed by atoms with Gasteiger partial charge < -0.3 is 15.2 Å². The highest BCUT2D eigenvalue weighted by molar-refractivity contribution is 7.99. The van der Waals surface area contributed by atoms with Crippen LogP contribution in [0.15, 0.2) is 96.2 Å². The van der Waals surface area contributed by atoms with Crippen LogP contribution >= 0.6 is 11.8 Å². The maximum atomic E-state index is 12.9. The number of amides is 1. The Morgan fingerprint density at radius 1 is 0.943 bits per heavy atom. The third kappa shape index (κ3) is 4.56. The van der Waals surface area contributed by atoms with Gasteiger partial charge in [-0.3, -0.25) is 9.36 Å². The molecule has 5 rings (SSSR count). The van der Waals surface area contributed by atoms with Gasteiger partial charge in [-0.15, -0.1) is 10.2 Å². The first-order valence-corrected chi connectivity index (χ1v) is 11.9. The summed E-state index contributed by atoms with van der Waals surface area (Å²) in [5.74, 6) is 1.11. The maximum absolute atomic E-state index is 12.9. The number of methoxy groups -OCH3 is 1. The summed E-state index contributed by atoms with van der Waals surface area (Å²) in [4.78, 5) is 12.9. The fourth-order valence-electron chi connectivity index (χ4n) is 3.88. The molecule has 5 aromatic rings. The van der Waals surface area contributed by atoms with Crippen LogP contribution in [0.1, 0.15) is 0 Å². The second kappa shape index (κ2) is 9.90. The normalized spacial score (nSPS) is 10.9. The Hall–Kier alpha value is -4.30. The monoisotopic (exact) mass is 482 g/mol. The Kier molecular flexibility index (Phi) is 6.36. The predicted molar refractivity (Wildman–Crippen MR) is 138 cm³/mol. The zero-order valence-electron chi connectivity index (χ0n) is 18.9. The molecule has 1 amide bonds. The lowest BCUT2D eigenvalue weighted by Gasteiger charge is -2.14. The maximum Gasteiger partial charge on any atom is 0.234 e. The molecule has 0 atom stereocenters. The Labute approximate surface area is 206 Å². The number of rotatable bonds is 7. The molecular formula is C27H22N4O3S. The standard InChI is InChI=1S/C27H22N4O3S/c1-34-24-16-7-5-14-22(24)31-26(20-12-4-6-15-23(20)32)29-30-27(31)35-17-25(33)28-21-13-8-10-18-9-2-3-11-19(18)21/h2-16,32H,17H2,1H3,(H,28,33). The van der Waals surface area contributed by atoms with Crippen LogP contribution in [0.2, 0.25) is 0 Å². The van der Waals surface area contributed by atoms with Crippen molar-refractivity contribution < 1.29 is 14.6 Å². The van der Waals surface area contributed by atoms with E-state index in [1.54, 1.807) is 29.9 Å². The topological polar surface area (TPSA) is 89.3 Å². The molecule has 0 aliphatic heterocycles. The van der Waals surface area contributed by atoms with Crippen molar-refractivity contribution in [3.05, 3.63) is 91.0 Å². The van der Waals surface area contributed by atoms with E-state index in [4.69, 9.17) is 4.74 Å². The number of ether oxygens (including phenoxy) is 1. The van der Waals surface area contributed by atoms with Crippen LogP contribution < -0.4 is 10.1 Å². The van der Waals surface area contributed by atoms with Gasteiger partial charge in [-0.25, -0.2) is 0 Å². The highest BCUT2D eigenvalue weighted by Gasteiger charge is 2.21. The van der Waals surface area contributed by atoms with Gasteiger partial charge in [0.25, 0.3) is 0 Å². The minimum Gasteiger partial charge on any atom is -0.507 e. The molecule has 0 radical (unpaired) electrons. The van der Waals surface area contributed by atoms with Gasteiger partial charge in [0.1, 0.15) is 11.5 Å². The van der Waals surface area contributed by atoms with Crippen LogP contribution in [0.25, 0.3) is 27.8 Å². The van der Waals surface area contributed by atoms with E-state index in [1.165, 1.54) is 11.8 Å². The molecule has 0 saturated heterocycles. The van der Waals surface area contributed by atoms with E-state index in [0.29, 0.717) is 28.0 Å². The van der Waals surface area contributed by atoms with Gasteiger partial charge in [0.05, 0.1) is 24.1 Å². The van der Waals surface area contributed by atoms with E-state index in [2.05, 4.69) is 15.5 Å². The van der Waals surface area contributed by atoms with Gasteiger partial charge in [-0.1, -0.05) is 72.4 Å². The van der Waals surface area contributed by atoms with E-state index < -0.39 is 0 Å². The van der Waals surface area contributed by atoms with E-state index >= 15 is 0 Å². The van der Waals surface area contributed by atoms with Crippen LogP contribution in [0.3, 0.4) is 0 Å². The number of aromatic nitrogens is 3. The highest BCUT2D eigenvalue weighted by Crippen LogP contribution is 2.35. The average Bonchev–Trinajstić information content (AvgIpc) is 3.31. The fourth-order valence-corrected chi connectivity index (χ4v) is 4.63. The predicted octanol–water partition coefficient (Wildman–Crippen LogP) is 5.53. The van der Waals surface area contributed by atoms with Crippen molar-refractivity contribution in [2.75, 3.05) is 18.2 Å². The van der Waals surface area contributed by atoms with Gasteiger partial charge >= 0.3 is 0 Å². The first kappa shape index (κ1) is 22.5. The molecular weight excluding hydrogens is 460 g/mol. The van der Waals surface area contributed by atoms with Crippen molar-refractivity contribution in [3.8, 4) is 28.6 Å². The number of nitrogens with one attached hydrogen (secondary N) is 1. The number of fused-ring (bicyclic) bond motifs is 1. The molecule has 0 aliphatic rings. The molecule has 7 nitrogen and oxygen atoms in total. The summed E-state index contributed by atoms with van der Waals surface area (Å²) in [6, 6.07) is 28.1. The summed E-state index contributed by atoms with van der Waals surface area (Å²) in [5.41, 5.74) is 1.99. The van der Waals surface area contributed by atoms with E-state index in [-0.39, 0.29) is 17.4 Å². The van der Waals surface area contributed by atoms with Crippen LogP contribution in [0.4, 0.5) is 5.69 Å². The van der Waals surface area contributed by atoms with Crippen molar-refractivity contribution in [2.24, 2.45) is 0 Å². The first-order chi connectivity index (χ1) is 17.2. The Balaban J connectivity index is 1.46. The number of carbonyl (C=O) groups is 1. The first-order valence-electron chi connectivity index (χ1n) is 10.9. The largest absolute Gasteiger partial charge is 0.507 e. The van der Waals surface area contributed by atoms with Crippen molar-refractivity contribution in [2.45, 2.75) is 5.16 Å². The van der Waals surface area contributed by atoms with Crippen LogP contribution in [0.5, 0.6) is 11.5 Å². The zero-order valence-corrected chi connectivity index (χ0v) is 19.7. The Morgan fingerprint density at radius 3 is 2.54 bits per heavy atom. The molecule has 35 heavy (non-hydrogen) atoms. The summed E-state index contributed by atoms with van der Waals surface area (Å²) in [7, 11) is 1.59. The van der Waals surface area contributed by atoms with E-state index in [0.717, 1.165) is 16.5 Å². The lowest BCUT2D eigenvalue weighted by molar-refractivity contribution is -0.113. The summed E-state index contributed by atoms with van der Waals surface area (Å²) in [6.45, 7) is 0.